The molecule has 0 aliphatic carbocycles. The fourth-order valence-electron chi connectivity index (χ4n) is 3.43. The van der Waals surface area contributed by atoms with Gasteiger partial charge in [0, 0.05) is 31.9 Å². The first-order chi connectivity index (χ1) is 12.8. The second-order valence-corrected chi connectivity index (χ2v) is 11.3. The van der Waals surface area contributed by atoms with Crippen LogP contribution in [0.5, 0.6) is 0 Å². The van der Waals surface area contributed by atoms with Crippen molar-refractivity contribution in [3.8, 4) is 0 Å². The van der Waals surface area contributed by atoms with Crippen molar-refractivity contribution in [2.45, 2.75) is 23.8 Å². The van der Waals surface area contributed by atoms with Crippen molar-refractivity contribution in [3.05, 3.63) is 23.5 Å². The number of rotatable bonds is 7. The highest BCUT2D eigenvalue weighted by Gasteiger charge is 2.38. The number of halogens is 1. The zero-order valence-electron chi connectivity index (χ0n) is 15.0. The third-order valence-electron chi connectivity index (χ3n) is 4.88. The van der Waals surface area contributed by atoms with Crippen LogP contribution < -0.4 is 0 Å². The SMILES string of the molecule is O=S1(=O)CCC(N(CCCN2CCOCC2)S(=O)(=O)c2ccc(Cl)nc2)C1. The summed E-state index contributed by atoms with van der Waals surface area (Å²) < 4.78 is 56.7. The molecule has 2 aliphatic heterocycles. The first kappa shape index (κ1) is 20.9. The van der Waals surface area contributed by atoms with Crippen LogP contribution in [0.1, 0.15) is 12.8 Å². The van der Waals surface area contributed by atoms with E-state index in [1.807, 2.05) is 0 Å². The van der Waals surface area contributed by atoms with Crippen LogP contribution in [0.3, 0.4) is 0 Å². The summed E-state index contributed by atoms with van der Waals surface area (Å²) in [6, 6.07) is 2.29. The summed E-state index contributed by atoms with van der Waals surface area (Å²) in [5.41, 5.74) is 0. The number of sulfone groups is 1. The monoisotopic (exact) mass is 437 g/mol. The fraction of sp³-hybridized carbons (Fsp3) is 0.688. The van der Waals surface area contributed by atoms with E-state index in [4.69, 9.17) is 16.3 Å². The van der Waals surface area contributed by atoms with Gasteiger partial charge in [-0.15, -0.1) is 0 Å². The van der Waals surface area contributed by atoms with Crippen molar-refractivity contribution in [2.75, 3.05) is 50.9 Å². The Morgan fingerprint density at radius 2 is 2.04 bits per heavy atom. The lowest BCUT2D eigenvalue weighted by Gasteiger charge is -2.30. The number of pyridine rings is 1. The summed E-state index contributed by atoms with van der Waals surface area (Å²) in [5.74, 6) is -0.114. The van der Waals surface area contributed by atoms with E-state index in [1.54, 1.807) is 0 Å². The molecule has 2 saturated heterocycles. The average Bonchev–Trinajstić information content (AvgIpc) is 2.99. The molecule has 8 nitrogen and oxygen atoms in total. The Labute approximate surface area is 165 Å². The van der Waals surface area contributed by atoms with Gasteiger partial charge < -0.3 is 4.74 Å². The molecular weight excluding hydrogens is 414 g/mol. The highest BCUT2D eigenvalue weighted by Crippen LogP contribution is 2.25. The summed E-state index contributed by atoms with van der Waals surface area (Å²) >= 11 is 5.76. The van der Waals surface area contributed by atoms with Crippen LogP contribution in [0.2, 0.25) is 5.15 Å². The van der Waals surface area contributed by atoms with Crippen molar-refractivity contribution >= 4 is 31.5 Å². The van der Waals surface area contributed by atoms with Gasteiger partial charge in [-0.05, 0) is 31.5 Å². The molecule has 152 valence electrons. The maximum Gasteiger partial charge on any atom is 0.244 e. The molecule has 1 aromatic rings. The van der Waals surface area contributed by atoms with E-state index < -0.39 is 25.9 Å². The Morgan fingerprint density at radius 3 is 2.63 bits per heavy atom. The summed E-state index contributed by atoms with van der Waals surface area (Å²) in [7, 11) is -7.05. The second-order valence-electron chi connectivity index (χ2n) is 6.80. The standard InChI is InChI=1S/C16H24ClN3O5S2/c17-16-3-2-15(12-18-16)27(23,24)20(14-4-11-26(21,22)13-14)6-1-5-19-7-9-25-10-8-19/h2-3,12,14H,1,4-11,13H2. The number of hydrogen-bond donors (Lipinski definition) is 0. The highest BCUT2D eigenvalue weighted by molar-refractivity contribution is 7.92. The zero-order chi connectivity index (χ0) is 19.5. The molecular formula is C16H24ClN3O5S2. The minimum atomic E-state index is -3.85. The molecule has 0 saturated carbocycles. The largest absolute Gasteiger partial charge is 0.379 e. The topological polar surface area (TPSA) is 96.9 Å². The minimum absolute atomic E-state index is 0.0199. The van der Waals surface area contributed by atoms with Crippen molar-refractivity contribution in [1.29, 1.82) is 0 Å². The molecule has 0 amide bonds. The normalized spacial score (nSPS) is 23.7. The molecule has 3 rings (SSSR count). The van der Waals surface area contributed by atoms with Crippen LogP contribution in [-0.2, 0) is 24.6 Å². The molecule has 11 heteroatoms. The summed E-state index contributed by atoms with van der Waals surface area (Å²) in [5, 5.41) is 0.205. The molecule has 0 aromatic carbocycles. The van der Waals surface area contributed by atoms with Crippen molar-refractivity contribution in [1.82, 2.24) is 14.2 Å². The van der Waals surface area contributed by atoms with Crippen molar-refractivity contribution in [2.24, 2.45) is 0 Å². The Bertz CT molecular complexity index is 839. The van der Waals surface area contributed by atoms with Gasteiger partial charge in [-0.3, -0.25) is 4.90 Å². The maximum atomic E-state index is 13.1. The van der Waals surface area contributed by atoms with E-state index in [1.165, 1.54) is 22.6 Å². The molecule has 3 heterocycles. The average molecular weight is 438 g/mol. The van der Waals surface area contributed by atoms with Crippen LogP contribution >= 0.6 is 11.6 Å². The first-order valence-electron chi connectivity index (χ1n) is 8.92. The van der Waals surface area contributed by atoms with E-state index in [9.17, 15) is 16.8 Å². The number of nitrogens with zero attached hydrogens (tertiary/aromatic N) is 3. The number of aromatic nitrogens is 1. The Morgan fingerprint density at radius 1 is 1.30 bits per heavy atom. The highest BCUT2D eigenvalue weighted by atomic mass is 35.5. The minimum Gasteiger partial charge on any atom is -0.379 e. The van der Waals surface area contributed by atoms with Gasteiger partial charge in [0.05, 0.1) is 24.7 Å². The second kappa shape index (κ2) is 8.71. The Hall–Kier alpha value is -0.780. The maximum absolute atomic E-state index is 13.1. The Balaban J connectivity index is 1.75. The van der Waals surface area contributed by atoms with E-state index in [0.29, 0.717) is 26.1 Å². The molecule has 27 heavy (non-hydrogen) atoms. The predicted octanol–water partition coefficient (Wildman–Crippen LogP) is 0.635. The molecule has 0 radical (unpaired) electrons. The molecule has 0 bridgehead atoms. The lowest BCUT2D eigenvalue weighted by Crippen LogP contribution is -2.43. The van der Waals surface area contributed by atoms with Gasteiger partial charge in [0.1, 0.15) is 10.0 Å². The van der Waals surface area contributed by atoms with Gasteiger partial charge in [0.15, 0.2) is 9.84 Å². The third-order valence-corrected chi connectivity index (χ3v) is 8.79. The lowest BCUT2D eigenvalue weighted by molar-refractivity contribution is 0.0367. The summed E-state index contributed by atoms with van der Waals surface area (Å²) in [4.78, 5) is 6.11. The fourth-order valence-corrected chi connectivity index (χ4v) is 7.00. The van der Waals surface area contributed by atoms with Crippen LogP contribution in [0.4, 0.5) is 0 Å². The summed E-state index contributed by atoms with van der Waals surface area (Å²) in [6.07, 6.45) is 2.16. The van der Waals surface area contributed by atoms with Gasteiger partial charge >= 0.3 is 0 Å². The van der Waals surface area contributed by atoms with Crippen LogP contribution in [0, 0.1) is 0 Å². The quantitative estimate of drug-likeness (QED) is 0.577. The lowest BCUT2D eigenvalue weighted by atomic mass is 10.2. The van der Waals surface area contributed by atoms with Crippen LogP contribution in [0.25, 0.3) is 0 Å². The van der Waals surface area contributed by atoms with Crippen LogP contribution in [0.15, 0.2) is 23.2 Å². The first-order valence-corrected chi connectivity index (χ1v) is 12.6. The zero-order valence-corrected chi connectivity index (χ0v) is 17.3. The smallest absolute Gasteiger partial charge is 0.244 e. The number of hydrogen-bond acceptors (Lipinski definition) is 7. The van der Waals surface area contributed by atoms with Gasteiger partial charge in [-0.2, -0.15) is 4.31 Å². The summed E-state index contributed by atoms with van der Waals surface area (Å²) in [6.45, 7) is 4.02. The third kappa shape index (κ3) is 5.39. The molecule has 1 unspecified atom stereocenters. The van der Waals surface area contributed by atoms with Gasteiger partial charge in [0.2, 0.25) is 10.0 Å². The number of morpholine rings is 1. The predicted molar refractivity (Wildman–Crippen MR) is 102 cm³/mol. The number of ether oxygens (including phenoxy) is 1. The van der Waals surface area contributed by atoms with Crippen LogP contribution in [-0.4, -0.2) is 88.0 Å². The number of sulfonamides is 1. The molecule has 0 spiro atoms. The van der Waals surface area contributed by atoms with E-state index in [2.05, 4.69) is 9.88 Å². The van der Waals surface area contributed by atoms with E-state index >= 15 is 0 Å². The van der Waals surface area contributed by atoms with E-state index in [0.717, 1.165) is 19.6 Å². The van der Waals surface area contributed by atoms with Gasteiger partial charge in [-0.1, -0.05) is 11.6 Å². The van der Waals surface area contributed by atoms with Gasteiger partial charge in [-0.25, -0.2) is 21.8 Å². The van der Waals surface area contributed by atoms with Crippen molar-refractivity contribution in [3.63, 3.8) is 0 Å². The van der Waals surface area contributed by atoms with Gasteiger partial charge in [0.25, 0.3) is 0 Å². The molecule has 1 aromatic heterocycles. The Kier molecular flexibility index (Phi) is 6.75. The molecule has 0 N–H and O–H groups in total. The van der Waals surface area contributed by atoms with Crippen molar-refractivity contribution < 1.29 is 21.6 Å². The molecule has 2 fully saturated rings. The molecule has 1 atom stereocenters. The molecule has 2 aliphatic rings. The van der Waals surface area contributed by atoms with E-state index in [-0.39, 0.29) is 28.1 Å².